The first kappa shape index (κ1) is 72.9. The fourth-order valence-corrected chi connectivity index (χ4v) is 40.3. The van der Waals surface area contributed by atoms with E-state index in [9.17, 15) is 0 Å². The molecule has 0 saturated heterocycles. The van der Waals surface area contributed by atoms with Gasteiger partial charge in [0.2, 0.25) is 0 Å². The van der Waals surface area contributed by atoms with Crippen LogP contribution in [0, 0.1) is 225 Å². The van der Waals surface area contributed by atoms with Gasteiger partial charge in [0.05, 0.1) is 0 Å². The van der Waals surface area contributed by atoms with E-state index in [1.807, 2.05) is 0 Å². The van der Waals surface area contributed by atoms with E-state index in [0.29, 0.717) is 0 Å². The Morgan fingerprint density at radius 1 is 0.0673 bits per heavy atom. The molecule has 0 aromatic rings. The fraction of sp³-hybridized carbons (Fsp3) is 1.00. The highest BCUT2D eigenvalue weighted by Crippen LogP contribution is 2.74. The Morgan fingerprint density at radius 2 is 0.192 bits per heavy atom. The SMILES string of the molecule is C1CCC(C2C(C3CCCCC3)C(C3CCCCC3)C(C3CCC4CCC5CCCC6CCC3C4C56)C(C3CCC(C4CCC(C5C(C6CCCCC6)C(C6CCCCC6)C(C6CCCCC6)C(C6CCCCC6)C5C5CCC6CCC7CCCC8CCC5C6C78)CC4)CC3)C2C2CCCCC2)CC1. The topological polar surface area (TPSA) is 0 Å². The standard InChI is InChI=1S/C104H170/c1-9-27-69(28-10-1)93-95(71-31-13-3-14-32-71)99(75-39-21-7-22-40-75)103(87-65-61-81-57-55-77-43-25-45-79-59-63-85(87)91(81)89(77)79)101(97(93)73-35-17-5-18-36-73)83-51-47-67(48-52-83)68-49-53-84(54-50-68)102-98(74-37-19-6-20-38-74)94(70-29-11-2-12-30-70)96(72-33-15-4-16-34-72)100(76-41-23-8-24-42-76)104(102)88-66-62-82-58-56-78-44-26-46-80-60-64-86(88)92(82)90(78)80/h67-104H,1-66H2. The van der Waals surface area contributed by atoms with Crippen LogP contribution in [0.4, 0.5) is 0 Å². The highest BCUT2D eigenvalue weighted by molar-refractivity contribution is 5.16. The van der Waals surface area contributed by atoms with E-state index in [4.69, 9.17) is 0 Å². The molecule has 0 radical (unpaired) electrons. The van der Waals surface area contributed by atoms with E-state index in [2.05, 4.69) is 0 Å². The van der Waals surface area contributed by atoms with Crippen molar-refractivity contribution in [2.45, 2.75) is 424 Å². The van der Waals surface area contributed by atoms with E-state index in [1.54, 1.807) is 424 Å². The van der Waals surface area contributed by atoms with Gasteiger partial charge in [-0.2, -0.15) is 0 Å². The molecule has 104 heavy (non-hydrogen) atoms. The van der Waals surface area contributed by atoms with Gasteiger partial charge < -0.3 is 0 Å². The lowest BCUT2D eigenvalue weighted by molar-refractivity contribution is -0.192. The molecule has 20 saturated carbocycles. The monoisotopic (exact) mass is 1420 g/mol. The van der Waals surface area contributed by atoms with Gasteiger partial charge in [0, 0.05) is 0 Å². The molecular weight excluding hydrogens is 1250 g/mol. The third-order valence-electron chi connectivity index (χ3n) is 43.1. The third-order valence-corrected chi connectivity index (χ3v) is 43.1. The molecule has 20 rings (SSSR count). The molecule has 0 aliphatic heterocycles. The van der Waals surface area contributed by atoms with Crippen molar-refractivity contribution in [2.75, 3.05) is 0 Å². The van der Waals surface area contributed by atoms with Crippen LogP contribution in [0.3, 0.4) is 0 Å². The molecule has 0 aromatic heterocycles. The predicted octanol–water partition coefficient (Wildman–Crippen LogP) is 30.4. The summed E-state index contributed by atoms with van der Waals surface area (Å²) < 4.78 is 0. The van der Waals surface area contributed by atoms with E-state index >= 15 is 0 Å². The third kappa shape index (κ3) is 13.9. The van der Waals surface area contributed by atoms with Crippen molar-refractivity contribution in [3.63, 3.8) is 0 Å². The molecule has 20 fully saturated rings. The van der Waals surface area contributed by atoms with Gasteiger partial charge in [0.25, 0.3) is 0 Å². The van der Waals surface area contributed by atoms with E-state index in [0.717, 1.165) is 225 Å². The Hall–Kier alpha value is 0. The number of rotatable bonds is 13. The minimum absolute atomic E-state index is 1.06. The van der Waals surface area contributed by atoms with Gasteiger partial charge in [-0.3, -0.25) is 0 Å². The zero-order chi connectivity index (χ0) is 68.6. The Morgan fingerprint density at radius 3 is 0.394 bits per heavy atom. The second-order valence-corrected chi connectivity index (χ2v) is 46.3. The van der Waals surface area contributed by atoms with Gasteiger partial charge in [-0.1, -0.05) is 295 Å². The van der Waals surface area contributed by atoms with Crippen molar-refractivity contribution in [3.05, 3.63) is 0 Å². The van der Waals surface area contributed by atoms with Crippen LogP contribution in [0.1, 0.15) is 424 Å². The summed E-state index contributed by atoms with van der Waals surface area (Å²) >= 11 is 0. The van der Waals surface area contributed by atoms with Crippen molar-refractivity contribution in [3.8, 4) is 0 Å². The quantitative estimate of drug-likeness (QED) is 0.172. The minimum atomic E-state index is 1.06. The van der Waals surface area contributed by atoms with Crippen LogP contribution < -0.4 is 0 Å². The summed E-state index contributed by atoms with van der Waals surface area (Å²) in [6.07, 6.45) is 108. The van der Waals surface area contributed by atoms with Crippen LogP contribution in [0.25, 0.3) is 0 Å². The van der Waals surface area contributed by atoms with Crippen LogP contribution >= 0.6 is 0 Å². The lowest BCUT2D eigenvalue weighted by Crippen LogP contribution is -2.62. The molecular formula is C104H170. The molecule has 0 amide bonds. The zero-order valence-corrected chi connectivity index (χ0v) is 68.6. The van der Waals surface area contributed by atoms with Crippen molar-refractivity contribution in [1.82, 2.24) is 0 Å². The van der Waals surface area contributed by atoms with E-state index < -0.39 is 0 Å². The van der Waals surface area contributed by atoms with Crippen LogP contribution in [0.15, 0.2) is 0 Å². The second-order valence-electron chi connectivity index (χ2n) is 46.3. The van der Waals surface area contributed by atoms with Crippen LogP contribution in [-0.2, 0) is 0 Å². The molecule has 0 aromatic carbocycles. The normalized spacial score (nSPS) is 50.5. The largest absolute Gasteiger partial charge is 0.0533 e. The van der Waals surface area contributed by atoms with Gasteiger partial charge >= 0.3 is 0 Å². The predicted molar refractivity (Wildman–Crippen MR) is 437 cm³/mol. The summed E-state index contributed by atoms with van der Waals surface area (Å²) in [5, 5.41) is 0. The average Bonchev–Trinajstić information content (AvgIpc) is 0.697. The molecule has 0 heteroatoms. The Bertz CT molecular complexity index is 2440. The maximum Gasteiger partial charge on any atom is -0.0315 e. The first-order valence-corrected chi connectivity index (χ1v) is 51.7. The average molecular weight is 1420 g/mol. The highest BCUT2D eigenvalue weighted by atomic mass is 14.7. The molecule has 0 spiro atoms. The smallest absolute Gasteiger partial charge is 0.0315 e. The zero-order valence-electron chi connectivity index (χ0n) is 68.6. The highest BCUT2D eigenvalue weighted by Gasteiger charge is 2.67. The van der Waals surface area contributed by atoms with Crippen molar-refractivity contribution in [1.29, 1.82) is 0 Å². The maximum absolute atomic E-state index is 1.71. The van der Waals surface area contributed by atoms with Gasteiger partial charge in [0.1, 0.15) is 0 Å². The van der Waals surface area contributed by atoms with Crippen LogP contribution in [0.2, 0.25) is 0 Å². The van der Waals surface area contributed by atoms with Crippen LogP contribution in [-0.4, -0.2) is 0 Å². The van der Waals surface area contributed by atoms with E-state index in [-0.39, 0.29) is 0 Å². The van der Waals surface area contributed by atoms with E-state index in [1.165, 1.54) is 0 Å². The molecule has 586 valence electrons. The molecule has 0 bridgehead atoms. The summed E-state index contributed by atoms with van der Waals surface area (Å²) in [7, 11) is 0. The maximum atomic E-state index is 1.71. The second kappa shape index (κ2) is 33.1. The molecule has 20 aliphatic rings. The van der Waals surface area contributed by atoms with Crippen molar-refractivity contribution in [2.24, 2.45) is 225 Å². The molecule has 20 aliphatic carbocycles. The first-order valence-electron chi connectivity index (χ1n) is 51.7. The Labute approximate surface area is 644 Å². The first-order chi connectivity index (χ1) is 51.7. The molecule has 26 unspecified atom stereocenters. The van der Waals surface area contributed by atoms with Gasteiger partial charge in [-0.25, -0.2) is 0 Å². The van der Waals surface area contributed by atoms with Crippen molar-refractivity contribution >= 4 is 0 Å². The molecule has 0 nitrogen and oxygen atoms in total. The fourth-order valence-electron chi connectivity index (χ4n) is 40.3. The number of hydrogen-bond donors (Lipinski definition) is 0. The molecule has 0 N–H and O–H groups in total. The summed E-state index contributed by atoms with van der Waals surface area (Å²) in [6.45, 7) is 0. The summed E-state index contributed by atoms with van der Waals surface area (Å²) in [4.78, 5) is 0. The van der Waals surface area contributed by atoms with Crippen LogP contribution in [0.5, 0.6) is 0 Å². The Balaban J connectivity index is 0.649. The summed E-state index contributed by atoms with van der Waals surface area (Å²) in [6, 6.07) is 0. The van der Waals surface area contributed by atoms with Crippen molar-refractivity contribution < 1.29 is 0 Å². The number of hydrogen-bond acceptors (Lipinski definition) is 0. The lowest BCUT2D eigenvalue weighted by atomic mass is 9.37. The van der Waals surface area contributed by atoms with Gasteiger partial charge in [-0.05, 0) is 353 Å². The minimum Gasteiger partial charge on any atom is -0.0533 e. The Kier molecular flexibility index (Phi) is 23.2. The molecule has 0 heterocycles. The van der Waals surface area contributed by atoms with Gasteiger partial charge in [0.15, 0.2) is 0 Å². The molecule has 26 atom stereocenters. The van der Waals surface area contributed by atoms with Gasteiger partial charge in [-0.15, -0.1) is 0 Å². The lowest BCUT2D eigenvalue weighted by Gasteiger charge is -2.67. The summed E-state index contributed by atoms with van der Waals surface area (Å²) in [5.74, 6) is 41.7. The summed E-state index contributed by atoms with van der Waals surface area (Å²) in [5.41, 5.74) is 0.